The Bertz CT molecular complexity index is 1100. The summed E-state index contributed by atoms with van der Waals surface area (Å²) in [6.45, 7) is 2.13. The molecule has 1 aliphatic rings. The van der Waals surface area contributed by atoms with E-state index in [4.69, 9.17) is 0 Å². The van der Waals surface area contributed by atoms with Gasteiger partial charge in [0.05, 0.1) is 11.7 Å². The molecule has 2 aromatic carbocycles. The van der Waals surface area contributed by atoms with Gasteiger partial charge < -0.3 is 0 Å². The summed E-state index contributed by atoms with van der Waals surface area (Å²) in [5.41, 5.74) is 6.22. The van der Waals surface area contributed by atoms with Crippen LogP contribution in [0.3, 0.4) is 0 Å². The number of likely N-dealkylation sites (tertiary alicyclic amines) is 1. The van der Waals surface area contributed by atoms with Gasteiger partial charge in [0.2, 0.25) is 0 Å². The molecule has 4 aromatic rings. The molecule has 1 atom stereocenters. The average Bonchev–Trinajstić information content (AvgIpc) is 3.37. The summed E-state index contributed by atoms with van der Waals surface area (Å²) in [5, 5.41) is 5.48. The quantitative estimate of drug-likeness (QED) is 0.510. The fraction of sp³-hybridized carbons (Fsp3) is 0.250. The van der Waals surface area contributed by atoms with Crippen molar-refractivity contribution in [2.75, 3.05) is 6.54 Å². The lowest BCUT2D eigenvalue weighted by Gasteiger charge is -2.25. The zero-order chi connectivity index (χ0) is 18.9. The third-order valence-electron chi connectivity index (χ3n) is 5.76. The first-order valence-electron chi connectivity index (χ1n) is 9.93. The largest absolute Gasteiger partial charge is 0.292 e. The molecule has 4 nitrogen and oxygen atoms in total. The third-order valence-corrected chi connectivity index (χ3v) is 5.76. The Morgan fingerprint density at radius 2 is 1.93 bits per heavy atom. The Labute approximate surface area is 165 Å². The lowest BCUT2D eigenvalue weighted by molar-refractivity contribution is 0.248. The van der Waals surface area contributed by atoms with E-state index in [1.54, 1.807) is 0 Å². The highest BCUT2D eigenvalue weighted by Gasteiger charge is 2.26. The molecule has 2 aromatic heterocycles. The fourth-order valence-electron chi connectivity index (χ4n) is 4.29. The van der Waals surface area contributed by atoms with E-state index in [0.29, 0.717) is 6.04 Å². The Balaban J connectivity index is 1.35. The van der Waals surface area contributed by atoms with Crippen LogP contribution < -0.4 is 0 Å². The van der Waals surface area contributed by atoms with Crippen molar-refractivity contribution in [3.05, 3.63) is 84.3 Å². The van der Waals surface area contributed by atoms with Crippen molar-refractivity contribution in [3.63, 3.8) is 0 Å². The minimum Gasteiger partial charge on any atom is -0.292 e. The lowest BCUT2D eigenvalue weighted by atomic mass is 10.0. The van der Waals surface area contributed by atoms with Crippen LogP contribution in [0, 0.1) is 0 Å². The van der Waals surface area contributed by atoms with E-state index in [1.165, 1.54) is 34.9 Å². The number of hydrogen-bond donors (Lipinski definition) is 0. The van der Waals surface area contributed by atoms with Gasteiger partial charge in [-0.1, -0.05) is 42.5 Å². The van der Waals surface area contributed by atoms with E-state index >= 15 is 0 Å². The molecule has 140 valence electrons. The van der Waals surface area contributed by atoms with Gasteiger partial charge >= 0.3 is 0 Å². The highest BCUT2D eigenvalue weighted by molar-refractivity contribution is 5.79. The maximum Gasteiger partial charge on any atom is 0.0705 e. The van der Waals surface area contributed by atoms with Crippen LogP contribution in [0.15, 0.2) is 73.2 Å². The molecule has 0 amide bonds. The van der Waals surface area contributed by atoms with Crippen LogP contribution in [0.1, 0.15) is 30.0 Å². The first-order chi connectivity index (χ1) is 13.8. The van der Waals surface area contributed by atoms with E-state index in [-0.39, 0.29) is 0 Å². The highest BCUT2D eigenvalue weighted by atomic mass is 15.2. The number of rotatable bonds is 4. The van der Waals surface area contributed by atoms with Crippen molar-refractivity contribution in [2.24, 2.45) is 7.05 Å². The van der Waals surface area contributed by atoms with Crippen LogP contribution in [0.4, 0.5) is 0 Å². The van der Waals surface area contributed by atoms with Crippen LogP contribution >= 0.6 is 0 Å². The summed E-state index contributed by atoms with van der Waals surface area (Å²) in [6.07, 6.45) is 8.31. The number of benzene rings is 2. The van der Waals surface area contributed by atoms with Gasteiger partial charge in [-0.15, -0.1) is 0 Å². The van der Waals surface area contributed by atoms with Crippen molar-refractivity contribution in [2.45, 2.75) is 25.4 Å². The predicted molar refractivity (Wildman–Crippen MR) is 113 cm³/mol. The van der Waals surface area contributed by atoms with Crippen molar-refractivity contribution >= 4 is 10.9 Å². The highest BCUT2D eigenvalue weighted by Crippen LogP contribution is 2.34. The summed E-state index contributed by atoms with van der Waals surface area (Å²) in [7, 11) is 1.95. The predicted octanol–water partition coefficient (Wildman–Crippen LogP) is 4.97. The number of hydrogen-bond acceptors (Lipinski definition) is 3. The molecule has 0 unspecified atom stereocenters. The zero-order valence-corrected chi connectivity index (χ0v) is 16.1. The maximum absolute atomic E-state index is 4.54. The van der Waals surface area contributed by atoms with Gasteiger partial charge in [0.1, 0.15) is 0 Å². The summed E-state index contributed by atoms with van der Waals surface area (Å²) in [5.74, 6) is 0. The molecule has 28 heavy (non-hydrogen) atoms. The summed E-state index contributed by atoms with van der Waals surface area (Å²) in [6, 6.07) is 20.3. The van der Waals surface area contributed by atoms with Gasteiger partial charge in [-0.25, -0.2) is 0 Å². The van der Waals surface area contributed by atoms with E-state index in [2.05, 4.69) is 69.7 Å². The van der Waals surface area contributed by atoms with Gasteiger partial charge in [-0.05, 0) is 48.2 Å². The maximum atomic E-state index is 4.54. The molecule has 0 saturated carbocycles. The molecule has 3 heterocycles. The third kappa shape index (κ3) is 3.32. The van der Waals surface area contributed by atoms with E-state index in [9.17, 15) is 0 Å². The number of pyridine rings is 1. The van der Waals surface area contributed by atoms with Crippen LogP contribution in [0.5, 0.6) is 0 Å². The minimum atomic E-state index is 0.476. The molecular formula is C24H24N4. The number of fused-ring (bicyclic) bond motifs is 1. The molecule has 0 bridgehead atoms. The summed E-state index contributed by atoms with van der Waals surface area (Å²) >= 11 is 0. The Kier molecular flexibility index (Phi) is 4.41. The number of nitrogens with zero attached hydrogens (tertiary/aromatic N) is 4. The van der Waals surface area contributed by atoms with Gasteiger partial charge in [-0.2, -0.15) is 5.10 Å². The summed E-state index contributed by atoms with van der Waals surface area (Å²) in [4.78, 5) is 7.14. The van der Waals surface area contributed by atoms with E-state index in [1.807, 2.05) is 30.2 Å². The molecule has 4 heteroatoms. The second kappa shape index (κ2) is 7.21. The van der Waals surface area contributed by atoms with Crippen LogP contribution in [0.25, 0.3) is 22.0 Å². The van der Waals surface area contributed by atoms with Gasteiger partial charge in [0, 0.05) is 43.0 Å². The first kappa shape index (κ1) is 17.1. The molecule has 1 fully saturated rings. The Hall–Kier alpha value is -2.98. The molecule has 1 saturated heterocycles. The van der Waals surface area contributed by atoms with E-state index in [0.717, 1.165) is 24.2 Å². The second-order valence-corrected chi connectivity index (χ2v) is 7.68. The number of aryl methyl sites for hydroxylation is 1. The fourth-order valence-corrected chi connectivity index (χ4v) is 4.29. The van der Waals surface area contributed by atoms with Gasteiger partial charge in [0.15, 0.2) is 0 Å². The molecule has 0 spiro atoms. The average molecular weight is 368 g/mol. The molecule has 1 aliphatic heterocycles. The normalized spacial score (nSPS) is 17.4. The van der Waals surface area contributed by atoms with Crippen molar-refractivity contribution in [3.8, 4) is 11.1 Å². The van der Waals surface area contributed by atoms with Crippen molar-refractivity contribution < 1.29 is 0 Å². The Morgan fingerprint density at radius 3 is 2.75 bits per heavy atom. The standard InChI is InChI=1S/C24H24N4/c1-27-17-22(15-26-27)19-8-6-18(7-9-19)16-28-13-3-5-24(28)21-11-10-20-4-2-12-25-23(20)14-21/h2,4,6-12,14-15,17,24H,3,5,13,16H2,1H3/t24-/m1/s1. The molecule has 5 rings (SSSR count). The smallest absolute Gasteiger partial charge is 0.0705 e. The van der Waals surface area contributed by atoms with Crippen molar-refractivity contribution in [1.29, 1.82) is 0 Å². The number of aromatic nitrogens is 3. The van der Waals surface area contributed by atoms with Gasteiger partial charge in [0.25, 0.3) is 0 Å². The first-order valence-corrected chi connectivity index (χ1v) is 9.93. The molecule has 0 radical (unpaired) electrons. The van der Waals surface area contributed by atoms with Crippen LogP contribution in [-0.2, 0) is 13.6 Å². The van der Waals surface area contributed by atoms with Gasteiger partial charge in [-0.3, -0.25) is 14.6 Å². The monoisotopic (exact) mass is 368 g/mol. The molecule has 0 N–H and O–H groups in total. The molecular weight excluding hydrogens is 344 g/mol. The minimum absolute atomic E-state index is 0.476. The van der Waals surface area contributed by atoms with Crippen molar-refractivity contribution in [1.82, 2.24) is 19.7 Å². The topological polar surface area (TPSA) is 34.0 Å². The Morgan fingerprint density at radius 1 is 1.04 bits per heavy atom. The second-order valence-electron chi connectivity index (χ2n) is 7.68. The molecule has 0 aliphatic carbocycles. The van der Waals surface area contributed by atoms with Crippen LogP contribution in [-0.4, -0.2) is 26.2 Å². The zero-order valence-electron chi connectivity index (χ0n) is 16.1. The van der Waals surface area contributed by atoms with E-state index < -0.39 is 0 Å². The lowest BCUT2D eigenvalue weighted by Crippen LogP contribution is -2.22. The summed E-state index contributed by atoms with van der Waals surface area (Å²) < 4.78 is 1.84. The van der Waals surface area contributed by atoms with Crippen LogP contribution in [0.2, 0.25) is 0 Å². The SMILES string of the molecule is Cn1cc(-c2ccc(CN3CCC[C@@H]3c3ccc4cccnc4c3)cc2)cn1.